The highest BCUT2D eigenvalue weighted by atomic mass is 35.5. The maximum atomic E-state index is 12.7. The zero-order valence-corrected chi connectivity index (χ0v) is 16.5. The summed E-state index contributed by atoms with van der Waals surface area (Å²) in [7, 11) is 2.93. The Morgan fingerprint density at radius 1 is 1.15 bits per heavy atom. The predicted octanol–water partition coefficient (Wildman–Crippen LogP) is 4.41. The van der Waals surface area contributed by atoms with E-state index >= 15 is 0 Å². The van der Waals surface area contributed by atoms with E-state index in [0.717, 1.165) is 11.3 Å². The summed E-state index contributed by atoms with van der Waals surface area (Å²) in [5, 5.41) is 3.45. The lowest BCUT2D eigenvalue weighted by Crippen LogP contribution is -2.14. The molecule has 0 aliphatic heterocycles. The van der Waals surface area contributed by atoms with Crippen LogP contribution in [0.1, 0.15) is 39.4 Å². The molecule has 0 spiro atoms. The molecule has 26 heavy (non-hydrogen) atoms. The van der Waals surface area contributed by atoms with Crippen molar-refractivity contribution in [3.63, 3.8) is 0 Å². The van der Waals surface area contributed by atoms with E-state index in [2.05, 4.69) is 5.32 Å². The van der Waals surface area contributed by atoms with Gasteiger partial charge in [-0.3, -0.25) is 4.79 Å². The molecule has 1 aromatic heterocycles. The van der Waals surface area contributed by atoms with E-state index in [1.807, 2.05) is 6.92 Å². The van der Waals surface area contributed by atoms with Gasteiger partial charge in [0.2, 0.25) is 0 Å². The quantitative estimate of drug-likeness (QED) is 0.700. The number of benzene rings is 1. The van der Waals surface area contributed by atoms with Crippen LogP contribution in [0, 0.1) is 0 Å². The highest BCUT2D eigenvalue weighted by Crippen LogP contribution is 2.36. The molecule has 0 radical (unpaired) electrons. The minimum atomic E-state index is -0.468. The molecule has 2 rings (SSSR count). The second-order valence-electron chi connectivity index (χ2n) is 5.18. The molecular weight excluding hydrogens is 378 g/mol. The molecule has 0 aliphatic rings. The first-order chi connectivity index (χ1) is 12.4. The lowest BCUT2D eigenvalue weighted by atomic mass is 10.2. The number of anilines is 1. The van der Waals surface area contributed by atoms with Gasteiger partial charge in [-0.2, -0.15) is 0 Å². The fraction of sp³-hybridized carbons (Fsp3) is 0.333. The Kier molecular flexibility index (Phi) is 6.88. The molecule has 6 nitrogen and oxygen atoms in total. The molecule has 0 bridgehead atoms. The minimum absolute atomic E-state index is 0.253. The molecule has 1 heterocycles. The Balaban J connectivity index is 2.34. The summed E-state index contributed by atoms with van der Waals surface area (Å²) in [5.74, 6) is -0.189. The lowest BCUT2D eigenvalue weighted by Gasteiger charge is -2.12. The van der Waals surface area contributed by atoms with Crippen LogP contribution >= 0.6 is 22.9 Å². The van der Waals surface area contributed by atoms with Crippen LogP contribution in [-0.2, 0) is 11.2 Å². The van der Waals surface area contributed by atoms with Crippen LogP contribution in [0.4, 0.5) is 5.00 Å². The van der Waals surface area contributed by atoms with E-state index in [1.54, 1.807) is 13.0 Å². The third-order valence-corrected chi connectivity index (χ3v) is 5.03. The van der Waals surface area contributed by atoms with Crippen molar-refractivity contribution in [1.82, 2.24) is 0 Å². The van der Waals surface area contributed by atoms with Gasteiger partial charge in [-0.15, -0.1) is 11.3 Å². The van der Waals surface area contributed by atoms with Crippen LogP contribution in [0.25, 0.3) is 0 Å². The molecule has 1 N–H and O–H groups in total. The molecule has 140 valence electrons. The molecule has 1 aromatic carbocycles. The van der Waals surface area contributed by atoms with E-state index in [1.165, 1.54) is 37.7 Å². The Hall–Kier alpha value is -2.25. The smallest absolute Gasteiger partial charge is 0.341 e. The van der Waals surface area contributed by atoms with Gasteiger partial charge in [0.25, 0.3) is 5.91 Å². The molecule has 0 fully saturated rings. The number of halogens is 1. The van der Waals surface area contributed by atoms with Gasteiger partial charge in [0.15, 0.2) is 11.5 Å². The summed E-state index contributed by atoms with van der Waals surface area (Å²) in [6.07, 6.45) is 0.745. The van der Waals surface area contributed by atoms with Gasteiger partial charge in [-0.05, 0) is 31.5 Å². The van der Waals surface area contributed by atoms with Gasteiger partial charge in [-0.1, -0.05) is 18.5 Å². The summed E-state index contributed by atoms with van der Waals surface area (Å²) in [6.45, 7) is 3.96. The number of thiophene rings is 1. The second-order valence-corrected chi connectivity index (χ2v) is 6.72. The Morgan fingerprint density at radius 2 is 1.88 bits per heavy atom. The number of nitrogens with one attached hydrogen (secondary N) is 1. The molecule has 0 saturated carbocycles. The highest BCUT2D eigenvalue weighted by Gasteiger charge is 2.21. The van der Waals surface area contributed by atoms with Gasteiger partial charge in [0, 0.05) is 10.4 Å². The van der Waals surface area contributed by atoms with Gasteiger partial charge in [-0.25, -0.2) is 4.79 Å². The van der Waals surface area contributed by atoms with Crippen LogP contribution in [-0.4, -0.2) is 32.7 Å². The SMILES string of the molecule is CCOC(=O)c1cc(CC)sc1NC(=O)c1cc(Cl)c(OC)c(OC)c1. The third-order valence-electron chi connectivity index (χ3n) is 3.55. The monoisotopic (exact) mass is 397 g/mol. The van der Waals surface area contributed by atoms with E-state index in [9.17, 15) is 9.59 Å². The molecule has 2 aromatic rings. The molecular formula is C18H20ClNO5S. The number of aryl methyl sites for hydroxylation is 1. The molecule has 0 unspecified atom stereocenters. The molecule has 8 heteroatoms. The first kappa shape index (κ1) is 20.1. The fourth-order valence-electron chi connectivity index (χ4n) is 2.29. The average Bonchev–Trinajstić information content (AvgIpc) is 3.04. The number of carbonyl (C=O) groups is 2. The summed E-state index contributed by atoms with van der Waals surface area (Å²) >= 11 is 7.49. The molecule has 0 atom stereocenters. The van der Waals surface area contributed by atoms with Crippen molar-refractivity contribution >= 4 is 39.8 Å². The number of hydrogen-bond donors (Lipinski definition) is 1. The fourth-order valence-corrected chi connectivity index (χ4v) is 3.56. The number of esters is 1. The second kappa shape index (κ2) is 8.91. The Labute approximate surface area is 161 Å². The standard InChI is InChI=1S/C18H20ClNO5S/c1-5-11-9-12(18(22)25-6-2)17(26-11)20-16(21)10-7-13(19)15(24-4)14(8-10)23-3/h7-9H,5-6H2,1-4H3,(H,20,21). The summed E-state index contributed by atoms with van der Waals surface area (Å²) < 4.78 is 15.4. The zero-order valence-electron chi connectivity index (χ0n) is 15.0. The van der Waals surface area contributed by atoms with Crippen LogP contribution < -0.4 is 14.8 Å². The van der Waals surface area contributed by atoms with Gasteiger partial charge in [0.05, 0.1) is 31.4 Å². The number of methoxy groups -OCH3 is 2. The Bertz CT molecular complexity index is 818. The number of hydrogen-bond acceptors (Lipinski definition) is 6. The maximum absolute atomic E-state index is 12.7. The highest BCUT2D eigenvalue weighted by molar-refractivity contribution is 7.16. The first-order valence-electron chi connectivity index (χ1n) is 7.97. The summed E-state index contributed by atoms with van der Waals surface area (Å²) in [5.41, 5.74) is 0.627. The molecule has 0 saturated heterocycles. The van der Waals surface area contributed by atoms with Crippen molar-refractivity contribution in [3.8, 4) is 11.5 Å². The minimum Gasteiger partial charge on any atom is -0.493 e. The number of carbonyl (C=O) groups excluding carboxylic acids is 2. The zero-order chi connectivity index (χ0) is 19.3. The van der Waals surface area contributed by atoms with Crippen LogP contribution in [0.3, 0.4) is 0 Å². The van der Waals surface area contributed by atoms with Crippen molar-refractivity contribution in [1.29, 1.82) is 0 Å². The van der Waals surface area contributed by atoms with Gasteiger partial charge >= 0.3 is 5.97 Å². The maximum Gasteiger partial charge on any atom is 0.341 e. The van der Waals surface area contributed by atoms with E-state index in [4.69, 9.17) is 25.8 Å². The van der Waals surface area contributed by atoms with Gasteiger partial charge in [0.1, 0.15) is 5.00 Å². The lowest BCUT2D eigenvalue weighted by molar-refractivity contribution is 0.0528. The summed E-state index contributed by atoms with van der Waals surface area (Å²) in [4.78, 5) is 25.7. The van der Waals surface area contributed by atoms with Crippen molar-refractivity contribution in [2.45, 2.75) is 20.3 Å². The van der Waals surface area contributed by atoms with Crippen molar-refractivity contribution in [2.75, 3.05) is 26.1 Å². The van der Waals surface area contributed by atoms with E-state index < -0.39 is 11.9 Å². The molecule has 0 aliphatic carbocycles. The van der Waals surface area contributed by atoms with Gasteiger partial charge < -0.3 is 19.5 Å². The normalized spacial score (nSPS) is 10.3. The largest absolute Gasteiger partial charge is 0.493 e. The van der Waals surface area contributed by atoms with E-state index in [-0.39, 0.29) is 17.2 Å². The average molecular weight is 398 g/mol. The topological polar surface area (TPSA) is 73.9 Å². The number of ether oxygens (including phenoxy) is 3. The molecule has 1 amide bonds. The first-order valence-corrected chi connectivity index (χ1v) is 9.17. The van der Waals surface area contributed by atoms with Crippen LogP contribution in [0.2, 0.25) is 5.02 Å². The van der Waals surface area contributed by atoms with Crippen molar-refractivity contribution in [2.24, 2.45) is 0 Å². The number of rotatable bonds is 7. The number of amides is 1. The Morgan fingerprint density at radius 3 is 2.46 bits per heavy atom. The van der Waals surface area contributed by atoms with E-state index in [0.29, 0.717) is 22.1 Å². The van der Waals surface area contributed by atoms with Crippen molar-refractivity contribution in [3.05, 3.63) is 39.2 Å². The van der Waals surface area contributed by atoms with Crippen molar-refractivity contribution < 1.29 is 23.8 Å². The predicted molar refractivity (Wildman–Crippen MR) is 102 cm³/mol. The summed E-state index contributed by atoms with van der Waals surface area (Å²) in [6, 6.07) is 4.74. The van der Waals surface area contributed by atoms with Crippen LogP contribution in [0.15, 0.2) is 18.2 Å². The third kappa shape index (κ3) is 4.28. The van der Waals surface area contributed by atoms with Crippen LogP contribution in [0.5, 0.6) is 11.5 Å².